The van der Waals surface area contributed by atoms with Gasteiger partial charge in [-0.15, -0.1) is 0 Å². The van der Waals surface area contributed by atoms with Crippen LogP contribution in [0.5, 0.6) is 0 Å². The van der Waals surface area contributed by atoms with Crippen LogP contribution in [-0.4, -0.2) is 4.98 Å². The summed E-state index contributed by atoms with van der Waals surface area (Å²) in [7, 11) is 0. The van der Waals surface area contributed by atoms with Gasteiger partial charge in [0.15, 0.2) is 0 Å². The number of H-pyrrole nitrogens is 1. The number of allylic oxidation sites excluding steroid dienone is 1. The van der Waals surface area contributed by atoms with E-state index >= 15 is 0 Å². The molecule has 1 aliphatic rings. The van der Waals surface area contributed by atoms with Crippen LogP contribution in [0.4, 0.5) is 0 Å². The number of nitrogens with one attached hydrogen (secondary N) is 1. The van der Waals surface area contributed by atoms with Crippen LogP contribution >= 0.6 is 0 Å². The Morgan fingerprint density at radius 1 is 1.41 bits per heavy atom. The lowest BCUT2D eigenvalue weighted by molar-refractivity contribution is 0.339. The summed E-state index contributed by atoms with van der Waals surface area (Å²) in [5, 5.41) is 0. The van der Waals surface area contributed by atoms with E-state index in [1.165, 1.54) is 5.57 Å². The maximum Gasteiger partial charge on any atom is 0.248 e. The Labute approximate surface area is 102 Å². The largest absolute Gasteiger partial charge is 0.326 e. The number of hydrogen-bond donors (Lipinski definition) is 2. The SMILES string of the molecule is CC1=CC(C)C[C@](N)(c2ccc(=O)[nH]c2C)C1. The second kappa shape index (κ2) is 4.15. The van der Waals surface area contributed by atoms with Gasteiger partial charge in [0.05, 0.1) is 0 Å². The molecule has 0 spiro atoms. The smallest absolute Gasteiger partial charge is 0.248 e. The van der Waals surface area contributed by atoms with Crippen molar-refractivity contribution >= 4 is 0 Å². The molecule has 0 saturated heterocycles. The van der Waals surface area contributed by atoms with Crippen LogP contribution in [0.1, 0.15) is 37.9 Å². The normalized spacial score (nSPS) is 28.9. The van der Waals surface area contributed by atoms with E-state index < -0.39 is 0 Å². The van der Waals surface area contributed by atoms with Gasteiger partial charge in [0, 0.05) is 17.3 Å². The molecule has 3 N–H and O–H groups in total. The summed E-state index contributed by atoms with van der Waals surface area (Å²) in [5.74, 6) is 0.486. The van der Waals surface area contributed by atoms with Crippen LogP contribution in [0.25, 0.3) is 0 Å². The van der Waals surface area contributed by atoms with Crippen LogP contribution in [0.3, 0.4) is 0 Å². The van der Waals surface area contributed by atoms with Gasteiger partial charge in [-0.05, 0) is 44.2 Å². The van der Waals surface area contributed by atoms with E-state index in [-0.39, 0.29) is 11.1 Å². The van der Waals surface area contributed by atoms with E-state index in [0.29, 0.717) is 5.92 Å². The van der Waals surface area contributed by atoms with E-state index in [0.717, 1.165) is 24.1 Å². The van der Waals surface area contributed by atoms with Gasteiger partial charge in [0.2, 0.25) is 5.56 Å². The van der Waals surface area contributed by atoms with Crippen LogP contribution in [-0.2, 0) is 5.54 Å². The van der Waals surface area contributed by atoms with Gasteiger partial charge in [-0.2, -0.15) is 0 Å². The summed E-state index contributed by atoms with van der Waals surface area (Å²) in [6.07, 6.45) is 4.08. The molecule has 1 aromatic rings. The first-order valence-electron chi connectivity index (χ1n) is 6.07. The fourth-order valence-electron chi connectivity index (χ4n) is 3.07. The minimum absolute atomic E-state index is 0.0639. The van der Waals surface area contributed by atoms with E-state index in [4.69, 9.17) is 5.73 Å². The monoisotopic (exact) mass is 232 g/mol. The van der Waals surface area contributed by atoms with Crippen molar-refractivity contribution in [2.24, 2.45) is 11.7 Å². The molecule has 2 rings (SSSR count). The first-order chi connectivity index (χ1) is 7.90. The zero-order chi connectivity index (χ0) is 12.6. The first kappa shape index (κ1) is 12.1. The molecule has 1 aromatic heterocycles. The average molecular weight is 232 g/mol. The number of rotatable bonds is 1. The molecule has 2 atom stereocenters. The molecule has 0 radical (unpaired) electrons. The summed E-state index contributed by atoms with van der Waals surface area (Å²) in [6.45, 7) is 6.23. The van der Waals surface area contributed by atoms with Gasteiger partial charge in [0.25, 0.3) is 0 Å². The van der Waals surface area contributed by atoms with Crippen molar-refractivity contribution in [3.05, 3.63) is 45.4 Å². The molecule has 0 saturated carbocycles. The Kier molecular flexibility index (Phi) is 2.96. The zero-order valence-corrected chi connectivity index (χ0v) is 10.7. The predicted octanol–water partition coefficient (Wildman–Crippen LogP) is 2.21. The predicted molar refractivity (Wildman–Crippen MR) is 69.8 cm³/mol. The minimum Gasteiger partial charge on any atom is -0.326 e. The molecule has 92 valence electrons. The van der Waals surface area contributed by atoms with Crippen molar-refractivity contribution in [3.63, 3.8) is 0 Å². The lowest BCUT2D eigenvalue weighted by Gasteiger charge is -2.37. The fourth-order valence-corrected chi connectivity index (χ4v) is 3.07. The highest BCUT2D eigenvalue weighted by atomic mass is 16.1. The quantitative estimate of drug-likeness (QED) is 0.729. The van der Waals surface area contributed by atoms with Crippen molar-refractivity contribution in [2.75, 3.05) is 0 Å². The lowest BCUT2D eigenvalue weighted by atomic mass is 9.73. The van der Waals surface area contributed by atoms with Crippen molar-refractivity contribution in [3.8, 4) is 0 Å². The number of aromatic nitrogens is 1. The first-order valence-corrected chi connectivity index (χ1v) is 6.07. The lowest BCUT2D eigenvalue weighted by Crippen LogP contribution is -2.41. The summed E-state index contributed by atoms with van der Waals surface area (Å²) in [6, 6.07) is 3.44. The standard InChI is InChI=1S/C14H20N2O/c1-9-6-10(2)8-14(15,7-9)12-4-5-13(17)16-11(12)3/h4-6,9H,7-8,15H2,1-3H3,(H,16,17)/t9?,14-/m1/s1. The van der Waals surface area contributed by atoms with Crippen LogP contribution < -0.4 is 11.3 Å². The molecule has 1 unspecified atom stereocenters. The third-order valence-electron chi connectivity index (χ3n) is 3.50. The van der Waals surface area contributed by atoms with Gasteiger partial charge < -0.3 is 10.7 Å². The number of nitrogens with two attached hydrogens (primary N) is 1. The maximum absolute atomic E-state index is 11.3. The Balaban J connectivity index is 2.45. The van der Waals surface area contributed by atoms with Crippen molar-refractivity contribution < 1.29 is 0 Å². The Hall–Kier alpha value is -1.35. The summed E-state index contributed by atoms with van der Waals surface area (Å²) in [5.41, 5.74) is 9.43. The van der Waals surface area contributed by atoms with Gasteiger partial charge in [0.1, 0.15) is 0 Å². The molecule has 0 bridgehead atoms. The number of aryl methyl sites for hydroxylation is 1. The van der Waals surface area contributed by atoms with Crippen LogP contribution in [0.15, 0.2) is 28.6 Å². The highest BCUT2D eigenvalue weighted by Gasteiger charge is 2.33. The van der Waals surface area contributed by atoms with Crippen molar-refractivity contribution in [2.45, 2.75) is 39.2 Å². The molecule has 0 aromatic carbocycles. The molecule has 17 heavy (non-hydrogen) atoms. The molecule has 0 amide bonds. The zero-order valence-electron chi connectivity index (χ0n) is 10.7. The second-order valence-electron chi connectivity index (χ2n) is 5.39. The average Bonchev–Trinajstić information content (AvgIpc) is 2.13. The number of aromatic amines is 1. The van der Waals surface area contributed by atoms with E-state index in [1.54, 1.807) is 6.07 Å². The Morgan fingerprint density at radius 3 is 2.71 bits per heavy atom. The third kappa shape index (κ3) is 2.34. The van der Waals surface area contributed by atoms with Crippen LogP contribution in [0.2, 0.25) is 0 Å². The minimum atomic E-state index is -0.341. The molecule has 0 fully saturated rings. The maximum atomic E-state index is 11.3. The molecule has 3 nitrogen and oxygen atoms in total. The Bertz CT molecular complexity index is 515. The molecule has 1 aliphatic carbocycles. The highest BCUT2D eigenvalue weighted by molar-refractivity contribution is 5.31. The highest BCUT2D eigenvalue weighted by Crippen LogP contribution is 2.37. The molecule has 3 heteroatoms. The number of hydrogen-bond acceptors (Lipinski definition) is 2. The topological polar surface area (TPSA) is 58.9 Å². The Morgan fingerprint density at radius 2 is 2.12 bits per heavy atom. The van der Waals surface area contributed by atoms with Gasteiger partial charge >= 0.3 is 0 Å². The summed E-state index contributed by atoms with van der Waals surface area (Å²) >= 11 is 0. The van der Waals surface area contributed by atoms with Crippen LogP contribution in [0, 0.1) is 12.8 Å². The summed E-state index contributed by atoms with van der Waals surface area (Å²) in [4.78, 5) is 14.1. The molecule has 0 aliphatic heterocycles. The molecular formula is C14H20N2O. The second-order valence-corrected chi connectivity index (χ2v) is 5.39. The number of pyridine rings is 1. The van der Waals surface area contributed by atoms with Crippen molar-refractivity contribution in [1.29, 1.82) is 0 Å². The van der Waals surface area contributed by atoms with Crippen molar-refractivity contribution in [1.82, 2.24) is 4.98 Å². The van der Waals surface area contributed by atoms with E-state index in [1.807, 2.05) is 13.0 Å². The van der Waals surface area contributed by atoms with Gasteiger partial charge in [-0.3, -0.25) is 4.79 Å². The fraction of sp³-hybridized carbons (Fsp3) is 0.500. The van der Waals surface area contributed by atoms with Gasteiger partial charge in [-0.1, -0.05) is 18.6 Å². The van der Waals surface area contributed by atoms with E-state index in [9.17, 15) is 4.79 Å². The molecule has 1 heterocycles. The third-order valence-corrected chi connectivity index (χ3v) is 3.50. The van der Waals surface area contributed by atoms with E-state index in [2.05, 4.69) is 24.9 Å². The summed E-state index contributed by atoms with van der Waals surface area (Å²) < 4.78 is 0. The molecular weight excluding hydrogens is 212 g/mol. The van der Waals surface area contributed by atoms with Gasteiger partial charge in [-0.25, -0.2) is 0 Å².